The molecule has 7 heteroatoms. The van der Waals surface area contributed by atoms with Gasteiger partial charge in [0.15, 0.2) is 23.3 Å². The first-order chi connectivity index (χ1) is 49.6. The van der Waals surface area contributed by atoms with Crippen molar-refractivity contribution in [2.24, 2.45) is 0 Å². The first kappa shape index (κ1) is 62.9. The Morgan fingerprint density at radius 3 is 0.960 bits per heavy atom. The first-order valence-electron chi connectivity index (χ1n) is 34.8. The second kappa shape index (κ2) is 25.9. The molecule has 0 radical (unpaired) electrons. The molecule has 18 rings (SSSR count). The fourth-order valence-electron chi connectivity index (χ4n) is 16.0. The zero-order valence-corrected chi connectivity index (χ0v) is 59.5. The molecule has 0 aliphatic rings. The quantitative estimate of drug-likeness (QED) is 0.0656. The van der Waals surface area contributed by atoms with Crippen LogP contribution in [0.1, 0.15) is 26.3 Å². The molecule has 18 aromatic rings. The molecule has 4 nitrogen and oxygen atoms in total. The van der Waals surface area contributed by atoms with E-state index in [0.29, 0.717) is 0 Å². The number of aromatic nitrogens is 2. The van der Waals surface area contributed by atoms with Gasteiger partial charge in [0.25, 0.3) is 0 Å². The third-order valence-corrected chi connectivity index (χ3v) is 33.3. The highest BCUT2D eigenvalue weighted by Gasteiger charge is 2.44. The van der Waals surface area contributed by atoms with Gasteiger partial charge in [0.2, 0.25) is 0 Å². The molecule has 0 saturated carbocycles. The highest BCUT2D eigenvalue weighted by Crippen LogP contribution is 2.44. The molecule has 0 spiro atoms. The van der Waals surface area contributed by atoms with Gasteiger partial charge in [-0.2, -0.15) is 0 Å². The number of hydrogen-bond donors (Lipinski definition) is 0. The van der Waals surface area contributed by atoms with E-state index >= 15 is 4.57 Å². The van der Waals surface area contributed by atoms with Crippen LogP contribution in [-0.2, 0) is 9.98 Å². The SMILES string of the molecule is CC(C)(C)c1ccc(-n2c3ccc([Si](c4ccccc4)(c4ccccc4)c4ccccc4)cc3c3cc([Si](c4ccccc4)(c4ccccc4)c4ccccc4)ccc32)cc1.O=P(c1ccccc1)(c1ccccc1)c1ccc2oc3ccc(-n4c5ccccc5c5ccccc54)cc3c2c1. The number of para-hydroxylation sites is 2. The molecule has 0 amide bonds. The van der Waals surface area contributed by atoms with Crippen molar-refractivity contribution in [3.63, 3.8) is 0 Å². The predicted molar refractivity (Wildman–Crippen MR) is 434 cm³/mol. The largest absolute Gasteiger partial charge is 0.456 e. The van der Waals surface area contributed by atoms with Crippen molar-refractivity contribution in [2.75, 3.05) is 0 Å². The van der Waals surface area contributed by atoms with Crippen LogP contribution in [0.25, 0.3) is 76.9 Å². The summed E-state index contributed by atoms with van der Waals surface area (Å²) in [5.74, 6) is 0. The summed E-state index contributed by atoms with van der Waals surface area (Å²) >= 11 is 0. The zero-order valence-electron chi connectivity index (χ0n) is 56.6. The van der Waals surface area contributed by atoms with Crippen molar-refractivity contribution >= 4 is 146 Å². The summed E-state index contributed by atoms with van der Waals surface area (Å²) in [6.07, 6.45) is 0. The van der Waals surface area contributed by atoms with Gasteiger partial charge in [-0.1, -0.05) is 336 Å². The summed E-state index contributed by atoms with van der Waals surface area (Å²) in [7, 11) is -8.73. The molecule has 0 atom stereocenters. The smallest absolute Gasteiger partial charge is 0.179 e. The van der Waals surface area contributed by atoms with Gasteiger partial charge < -0.3 is 18.1 Å². The normalized spacial score (nSPS) is 12.1. The van der Waals surface area contributed by atoms with Crippen LogP contribution in [0, 0.1) is 0 Å². The highest BCUT2D eigenvalue weighted by molar-refractivity contribution is 7.85. The van der Waals surface area contributed by atoms with E-state index in [0.717, 1.165) is 54.6 Å². The van der Waals surface area contributed by atoms with E-state index in [9.17, 15) is 0 Å². The second-order valence-corrected chi connectivity index (χ2v) is 37.8. The van der Waals surface area contributed by atoms with E-state index < -0.39 is 23.3 Å². The fraction of sp³-hybridized carbons (Fsp3) is 0.0426. The van der Waals surface area contributed by atoms with E-state index in [1.807, 2.05) is 78.9 Å². The number of furan rings is 1. The van der Waals surface area contributed by atoms with Crippen molar-refractivity contribution in [2.45, 2.75) is 26.2 Å². The fourth-order valence-corrected chi connectivity index (χ4v) is 28.2. The Morgan fingerprint density at radius 1 is 0.257 bits per heavy atom. The third kappa shape index (κ3) is 10.7. The highest BCUT2D eigenvalue weighted by atomic mass is 31.2. The van der Waals surface area contributed by atoms with Crippen LogP contribution in [0.3, 0.4) is 0 Å². The number of rotatable bonds is 13. The zero-order chi connectivity index (χ0) is 68.1. The van der Waals surface area contributed by atoms with Gasteiger partial charge in [-0.05, 0) is 125 Å². The Morgan fingerprint density at radius 2 is 0.574 bits per heavy atom. The summed E-state index contributed by atoms with van der Waals surface area (Å²) in [6, 6.07) is 141. The van der Waals surface area contributed by atoms with Crippen LogP contribution < -0.4 is 57.4 Å². The lowest BCUT2D eigenvalue weighted by atomic mass is 9.87. The van der Waals surface area contributed by atoms with E-state index in [-0.39, 0.29) is 5.41 Å². The lowest BCUT2D eigenvalue weighted by Crippen LogP contribution is -2.74. The summed E-state index contributed by atoms with van der Waals surface area (Å²) in [6.45, 7) is 6.86. The minimum Gasteiger partial charge on any atom is -0.456 e. The third-order valence-electron chi connectivity index (χ3n) is 20.7. The average Bonchev–Trinajstić information content (AvgIpc) is 1.67. The predicted octanol–water partition coefficient (Wildman–Crippen LogP) is 17.2. The number of hydrogen-bond acceptors (Lipinski definition) is 2. The Bertz CT molecular complexity index is 5580. The monoisotopic (exact) mass is 1350 g/mol. The molecule has 0 aliphatic carbocycles. The van der Waals surface area contributed by atoms with Crippen LogP contribution in [-0.4, -0.2) is 25.3 Å². The molecule has 0 saturated heterocycles. The average molecular weight is 1350 g/mol. The first-order valence-corrected chi connectivity index (χ1v) is 40.5. The van der Waals surface area contributed by atoms with Gasteiger partial charge in [0.1, 0.15) is 11.2 Å². The van der Waals surface area contributed by atoms with Crippen molar-refractivity contribution < 1.29 is 8.98 Å². The van der Waals surface area contributed by atoms with Crippen LogP contribution in [0.15, 0.2) is 393 Å². The van der Waals surface area contributed by atoms with Crippen LogP contribution >= 0.6 is 7.14 Å². The minimum absolute atomic E-state index is 0.0592. The van der Waals surface area contributed by atoms with Crippen LogP contribution in [0.2, 0.25) is 0 Å². The molecule has 484 valence electrons. The molecule has 3 heterocycles. The maximum absolute atomic E-state index is 15.0. The summed E-state index contributed by atoms with van der Waals surface area (Å²) < 4.78 is 26.1. The number of nitrogens with zero attached hydrogens (tertiary/aromatic N) is 2. The molecule has 101 heavy (non-hydrogen) atoms. The van der Waals surface area contributed by atoms with Gasteiger partial charge >= 0.3 is 0 Å². The molecule has 0 N–H and O–H groups in total. The van der Waals surface area contributed by atoms with Crippen molar-refractivity contribution in [1.29, 1.82) is 0 Å². The number of benzene rings is 15. The van der Waals surface area contributed by atoms with Gasteiger partial charge in [0.05, 0.1) is 22.1 Å². The van der Waals surface area contributed by atoms with Crippen molar-refractivity contribution in [3.8, 4) is 11.4 Å². The minimum atomic E-state index is -3.11. The lowest BCUT2D eigenvalue weighted by Gasteiger charge is -2.34. The van der Waals surface area contributed by atoms with E-state index in [4.69, 9.17) is 4.42 Å². The molecule has 0 unspecified atom stereocenters. The van der Waals surface area contributed by atoms with Gasteiger partial charge in [-0.3, -0.25) is 0 Å². The molecule has 15 aromatic carbocycles. The molecule has 0 bridgehead atoms. The van der Waals surface area contributed by atoms with Crippen molar-refractivity contribution in [3.05, 3.63) is 394 Å². The van der Waals surface area contributed by atoms with Crippen LogP contribution in [0.4, 0.5) is 0 Å². The van der Waals surface area contributed by atoms with E-state index in [2.05, 4.69) is 339 Å². The standard InChI is InChI=1S/C58H49NSi2.C36H24NO2P/c1-58(2,3)44-34-36-45(37-35-44)59-56-40-38-52(60(46-22-10-4-11-23-46,47-24-12-5-13-25-47)48-26-14-6-15-27-48)42-54(56)55-43-53(39-41-57(55)59)61(49-28-16-7-17-29-49,50-30-18-8-19-31-50)51-32-20-9-21-33-51;38-40(26-11-3-1-4-12-26,27-13-5-2-6-14-27)28-20-22-36-32(24-28)31-23-25(19-21-35(31)39-36)37-33-17-9-7-15-29(33)30-16-8-10-18-34(30)37/h4-43H,1-3H3;1-24H. The Hall–Kier alpha value is -11.6. The number of fused-ring (bicyclic) bond motifs is 9. The maximum Gasteiger partial charge on any atom is 0.179 e. The Balaban J connectivity index is 0.000000164. The maximum atomic E-state index is 15.0. The molecule has 0 fully saturated rings. The molecule has 0 aliphatic heterocycles. The Kier molecular flexibility index (Phi) is 16.1. The van der Waals surface area contributed by atoms with Gasteiger partial charge in [-0.25, -0.2) is 0 Å². The molecular weight excluding hydrogens is 1280 g/mol. The lowest BCUT2D eigenvalue weighted by molar-refractivity contribution is 0.590. The molecule has 3 aromatic heterocycles. The summed E-state index contributed by atoms with van der Waals surface area (Å²) in [5, 5.41) is 20.4. The molecular formula is C94H73N2O2PSi2. The van der Waals surface area contributed by atoms with E-state index in [1.54, 1.807) is 0 Å². The Labute approximate surface area is 591 Å². The summed E-state index contributed by atoms with van der Waals surface area (Å²) in [4.78, 5) is 0. The van der Waals surface area contributed by atoms with Gasteiger partial charge in [0, 0.05) is 59.6 Å². The van der Waals surface area contributed by atoms with Gasteiger partial charge in [-0.15, -0.1) is 0 Å². The second-order valence-electron chi connectivity index (χ2n) is 27.4. The van der Waals surface area contributed by atoms with Crippen LogP contribution in [0.5, 0.6) is 0 Å². The topological polar surface area (TPSA) is 40.1 Å². The van der Waals surface area contributed by atoms with E-state index in [1.165, 1.54) is 85.3 Å². The summed E-state index contributed by atoms with van der Waals surface area (Å²) in [5.41, 5.74) is 9.96. The van der Waals surface area contributed by atoms with Crippen molar-refractivity contribution in [1.82, 2.24) is 9.13 Å².